The molecule has 0 amide bonds. The number of aromatic nitrogens is 2. The van der Waals surface area contributed by atoms with E-state index in [1.807, 2.05) is 25.3 Å². The van der Waals surface area contributed by atoms with Crippen molar-refractivity contribution >= 4 is 22.9 Å². The SMILES string of the molecule is CCNC(Cc1cccs1)Cc1c(C)nn(C)c1Cl. The van der Waals surface area contributed by atoms with Crippen molar-refractivity contribution in [3.8, 4) is 0 Å². The highest BCUT2D eigenvalue weighted by atomic mass is 35.5. The third kappa shape index (κ3) is 3.59. The molecular weight excluding hydrogens is 278 g/mol. The molecule has 0 saturated heterocycles. The van der Waals surface area contributed by atoms with Crippen LogP contribution in [0.25, 0.3) is 0 Å². The predicted octanol–water partition coefficient (Wildman–Crippen LogP) is 3.21. The number of hydrogen-bond donors (Lipinski definition) is 1. The summed E-state index contributed by atoms with van der Waals surface area (Å²) in [5.74, 6) is 0. The molecule has 0 aromatic carbocycles. The first-order valence-corrected chi connectivity index (χ1v) is 7.81. The van der Waals surface area contributed by atoms with Crippen molar-refractivity contribution in [1.82, 2.24) is 15.1 Å². The van der Waals surface area contributed by atoms with E-state index >= 15 is 0 Å². The van der Waals surface area contributed by atoms with Crippen molar-refractivity contribution in [3.63, 3.8) is 0 Å². The first kappa shape index (κ1) is 14.6. The Bertz CT molecular complexity index is 519. The van der Waals surface area contributed by atoms with E-state index in [1.54, 1.807) is 4.68 Å². The molecule has 0 radical (unpaired) electrons. The molecule has 2 aromatic rings. The van der Waals surface area contributed by atoms with Gasteiger partial charge in [0.05, 0.1) is 5.69 Å². The van der Waals surface area contributed by atoms with Gasteiger partial charge < -0.3 is 5.32 Å². The van der Waals surface area contributed by atoms with Crippen molar-refractivity contribution in [2.75, 3.05) is 6.54 Å². The molecule has 0 aliphatic rings. The summed E-state index contributed by atoms with van der Waals surface area (Å²) in [6.07, 6.45) is 1.96. The number of thiophene rings is 1. The molecular formula is C14H20ClN3S. The van der Waals surface area contributed by atoms with Gasteiger partial charge in [-0.05, 0) is 37.8 Å². The topological polar surface area (TPSA) is 29.9 Å². The van der Waals surface area contributed by atoms with Crippen LogP contribution in [-0.2, 0) is 19.9 Å². The van der Waals surface area contributed by atoms with Crippen LogP contribution < -0.4 is 5.32 Å². The number of hydrogen-bond acceptors (Lipinski definition) is 3. The Morgan fingerprint density at radius 3 is 2.79 bits per heavy atom. The predicted molar refractivity (Wildman–Crippen MR) is 82.1 cm³/mol. The maximum absolute atomic E-state index is 6.32. The van der Waals surface area contributed by atoms with Crippen molar-refractivity contribution in [3.05, 3.63) is 38.8 Å². The molecule has 19 heavy (non-hydrogen) atoms. The average Bonchev–Trinajstić information content (AvgIpc) is 2.94. The molecule has 0 aliphatic carbocycles. The zero-order valence-electron chi connectivity index (χ0n) is 11.6. The van der Waals surface area contributed by atoms with Crippen molar-refractivity contribution in [1.29, 1.82) is 0 Å². The molecule has 2 aromatic heterocycles. The Balaban J connectivity index is 2.11. The van der Waals surface area contributed by atoms with E-state index in [0.29, 0.717) is 6.04 Å². The summed E-state index contributed by atoms with van der Waals surface area (Å²) >= 11 is 8.12. The zero-order valence-corrected chi connectivity index (χ0v) is 13.2. The van der Waals surface area contributed by atoms with E-state index in [9.17, 15) is 0 Å². The van der Waals surface area contributed by atoms with Crippen LogP contribution in [0.4, 0.5) is 0 Å². The lowest BCUT2D eigenvalue weighted by molar-refractivity contribution is 0.523. The van der Waals surface area contributed by atoms with E-state index in [0.717, 1.165) is 35.8 Å². The molecule has 2 heterocycles. The Kier molecular flexibility index (Phi) is 5.02. The molecule has 104 valence electrons. The highest BCUT2D eigenvalue weighted by Crippen LogP contribution is 2.22. The van der Waals surface area contributed by atoms with E-state index in [4.69, 9.17) is 11.6 Å². The number of rotatable bonds is 6. The number of halogens is 1. The second-order valence-corrected chi connectivity index (χ2v) is 6.11. The molecule has 3 nitrogen and oxygen atoms in total. The molecule has 1 atom stereocenters. The van der Waals surface area contributed by atoms with Gasteiger partial charge in [-0.15, -0.1) is 11.3 Å². The fraction of sp³-hybridized carbons (Fsp3) is 0.500. The summed E-state index contributed by atoms with van der Waals surface area (Å²) in [5.41, 5.74) is 2.19. The highest BCUT2D eigenvalue weighted by molar-refractivity contribution is 7.09. The van der Waals surface area contributed by atoms with Gasteiger partial charge in [0.15, 0.2) is 0 Å². The van der Waals surface area contributed by atoms with Crippen LogP contribution in [0.2, 0.25) is 5.15 Å². The first-order valence-electron chi connectivity index (χ1n) is 6.55. The molecule has 2 rings (SSSR count). The molecule has 0 saturated carbocycles. The number of nitrogens with one attached hydrogen (secondary N) is 1. The Morgan fingerprint density at radius 2 is 2.26 bits per heavy atom. The second kappa shape index (κ2) is 6.55. The summed E-state index contributed by atoms with van der Waals surface area (Å²) in [5, 5.41) is 10.8. The number of aryl methyl sites for hydroxylation is 2. The molecule has 0 bridgehead atoms. The van der Waals surface area contributed by atoms with Gasteiger partial charge >= 0.3 is 0 Å². The molecule has 0 fully saturated rings. The van der Waals surface area contributed by atoms with Crippen LogP contribution in [-0.4, -0.2) is 22.4 Å². The van der Waals surface area contributed by atoms with Gasteiger partial charge in [-0.25, -0.2) is 0 Å². The van der Waals surface area contributed by atoms with Gasteiger partial charge in [-0.2, -0.15) is 5.10 Å². The summed E-state index contributed by atoms with van der Waals surface area (Å²) in [4.78, 5) is 1.41. The van der Waals surface area contributed by atoms with Crippen LogP contribution in [0.1, 0.15) is 23.1 Å². The van der Waals surface area contributed by atoms with Crippen LogP contribution in [0.15, 0.2) is 17.5 Å². The van der Waals surface area contributed by atoms with Crippen molar-refractivity contribution in [2.45, 2.75) is 32.7 Å². The molecule has 0 spiro atoms. The third-order valence-electron chi connectivity index (χ3n) is 3.24. The maximum Gasteiger partial charge on any atom is 0.130 e. The lowest BCUT2D eigenvalue weighted by Gasteiger charge is -2.17. The monoisotopic (exact) mass is 297 g/mol. The number of nitrogens with zero attached hydrogens (tertiary/aromatic N) is 2. The standard InChI is InChI=1S/C14H20ClN3S/c1-4-16-11(8-12-6-5-7-19-12)9-13-10(2)17-18(3)14(13)15/h5-7,11,16H,4,8-9H2,1-3H3. The average molecular weight is 298 g/mol. The minimum absolute atomic E-state index is 0.407. The van der Waals surface area contributed by atoms with Crippen molar-refractivity contribution in [2.24, 2.45) is 7.05 Å². The molecule has 1 unspecified atom stereocenters. The van der Waals surface area contributed by atoms with Crippen LogP contribution in [0.5, 0.6) is 0 Å². The fourth-order valence-corrected chi connectivity index (χ4v) is 3.37. The quantitative estimate of drug-likeness (QED) is 0.887. The van der Waals surface area contributed by atoms with Gasteiger partial charge in [0, 0.05) is 23.5 Å². The maximum atomic E-state index is 6.32. The van der Waals surface area contributed by atoms with E-state index < -0.39 is 0 Å². The van der Waals surface area contributed by atoms with Gasteiger partial charge in [0.2, 0.25) is 0 Å². The second-order valence-electron chi connectivity index (χ2n) is 4.72. The summed E-state index contributed by atoms with van der Waals surface area (Å²) < 4.78 is 1.75. The Labute approximate surface area is 123 Å². The first-order chi connectivity index (χ1) is 9.11. The lowest BCUT2D eigenvalue weighted by atomic mass is 10.0. The lowest BCUT2D eigenvalue weighted by Crippen LogP contribution is -2.33. The molecule has 1 N–H and O–H groups in total. The van der Waals surface area contributed by atoms with E-state index in [-0.39, 0.29) is 0 Å². The minimum Gasteiger partial charge on any atom is -0.314 e. The summed E-state index contributed by atoms with van der Waals surface area (Å²) in [6, 6.07) is 4.70. The summed E-state index contributed by atoms with van der Waals surface area (Å²) in [7, 11) is 1.89. The Hall–Kier alpha value is -0.840. The van der Waals surface area contributed by atoms with Gasteiger partial charge in [0.1, 0.15) is 5.15 Å². The normalized spacial score (nSPS) is 12.8. The van der Waals surface area contributed by atoms with Crippen LogP contribution >= 0.6 is 22.9 Å². The smallest absolute Gasteiger partial charge is 0.130 e. The van der Waals surface area contributed by atoms with E-state index in [2.05, 4.69) is 34.9 Å². The third-order valence-corrected chi connectivity index (χ3v) is 4.61. The van der Waals surface area contributed by atoms with Crippen LogP contribution in [0, 0.1) is 6.92 Å². The Morgan fingerprint density at radius 1 is 1.47 bits per heavy atom. The minimum atomic E-state index is 0.407. The van der Waals surface area contributed by atoms with E-state index in [1.165, 1.54) is 4.88 Å². The molecule has 0 aliphatic heterocycles. The van der Waals surface area contributed by atoms with Gasteiger partial charge in [-0.3, -0.25) is 4.68 Å². The summed E-state index contributed by atoms with van der Waals surface area (Å²) in [6.45, 7) is 5.13. The highest BCUT2D eigenvalue weighted by Gasteiger charge is 2.17. The van der Waals surface area contributed by atoms with Gasteiger partial charge in [-0.1, -0.05) is 24.6 Å². The largest absolute Gasteiger partial charge is 0.314 e. The number of likely N-dealkylation sites (N-methyl/N-ethyl adjacent to an activating group) is 1. The molecule has 5 heteroatoms. The zero-order chi connectivity index (χ0) is 13.8. The van der Waals surface area contributed by atoms with Crippen LogP contribution in [0.3, 0.4) is 0 Å². The van der Waals surface area contributed by atoms with Gasteiger partial charge in [0.25, 0.3) is 0 Å². The van der Waals surface area contributed by atoms with Crippen molar-refractivity contribution < 1.29 is 0 Å². The fourth-order valence-electron chi connectivity index (χ4n) is 2.33.